The minimum Gasteiger partial charge on any atom is -0.352 e. The zero-order valence-corrected chi connectivity index (χ0v) is 22.9. The summed E-state index contributed by atoms with van der Waals surface area (Å²) < 4.78 is 39.3. The Morgan fingerprint density at radius 1 is 1.08 bits per heavy atom. The largest absolute Gasteiger partial charge is 0.352 e. The molecule has 1 fully saturated rings. The molecule has 1 aliphatic carbocycles. The van der Waals surface area contributed by atoms with Gasteiger partial charge in [0.2, 0.25) is 21.8 Å². The second-order valence-electron chi connectivity index (χ2n) is 9.48. The van der Waals surface area contributed by atoms with Crippen molar-refractivity contribution in [1.82, 2.24) is 10.2 Å². The highest BCUT2D eigenvalue weighted by Gasteiger charge is 2.30. The van der Waals surface area contributed by atoms with Gasteiger partial charge in [0.05, 0.1) is 11.9 Å². The van der Waals surface area contributed by atoms with Crippen LogP contribution in [0, 0.1) is 5.82 Å². The summed E-state index contributed by atoms with van der Waals surface area (Å²) in [7, 11) is -3.64. The van der Waals surface area contributed by atoms with Crippen LogP contribution in [-0.4, -0.2) is 50.0 Å². The lowest BCUT2D eigenvalue weighted by molar-refractivity contribution is -0.141. The van der Waals surface area contributed by atoms with Crippen molar-refractivity contribution in [2.24, 2.45) is 0 Å². The lowest BCUT2D eigenvalue weighted by atomic mass is 10.1. The van der Waals surface area contributed by atoms with Gasteiger partial charge in [0.25, 0.3) is 0 Å². The predicted octanol–water partition coefficient (Wildman–Crippen LogP) is 4.89. The molecular weight excluding hydrogens is 517 g/mol. The second-order valence-corrected chi connectivity index (χ2v) is 11.8. The molecule has 2 amide bonds. The molecule has 0 spiro atoms. The molecule has 0 radical (unpaired) electrons. The number of nitrogens with one attached hydrogen (secondary N) is 1. The maximum absolute atomic E-state index is 13.5. The summed E-state index contributed by atoms with van der Waals surface area (Å²) in [6.07, 6.45) is 5.86. The molecule has 10 heteroatoms. The van der Waals surface area contributed by atoms with Gasteiger partial charge in [0.1, 0.15) is 11.9 Å². The molecule has 0 saturated heterocycles. The first-order chi connectivity index (χ1) is 17.6. The summed E-state index contributed by atoms with van der Waals surface area (Å²) in [5, 5.41) is 3.69. The smallest absolute Gasteiger partial charge is 0.243 e. The number of amides is 2. The first kappa shape index (κ1) is 28.9. The van der Waals surface area contributed by atoms with Gasteiger partial charge in [-0.2, -0.15) is 0 Å². The predicted molar refractivity (Wildman–Crippen MR) is 144 cm³/mol. The molecule has 0 aliphatic heterocycles. The number of carbonyl (C=O) groups is 2. The van der Waals surface area contributed by atoms with Crippen molar-refractivity contribution in [1.29, 1.82) is 0 Å². The maximum atomic E-state index is 13.5. The normalized spacial score (nSPS) is 14.8. The fourth-order valence-electron chi connectivity index (χ4n) is 4.68. The molecule has 1 aliphatic rings. The second kappa shape index (κ2) is 13.2. The van der Waals surface area contributed by atoms with Crippen LogP contribution in [0.15, 0.2) is 48.5 Å². The minimum atomic E-state index is -3.64. The van der Waals surface area contributed by atoms with Gasteiger partial charge in [0, 0.05) is 30.6 Å². The molecule has 0 unspecified atom stereocenters. The van der Waals surface area contributed by atoms with Crippen LogP contribution in [0.1, 0.15) is 57.4 Å². The van der Waals surface area contributed by atoms with E-state index < -0.39 is 21.9 Å². The van der Waals surface area contributed by atoms with E-state index in [0.717, 1.165) is 41.8 Å². The van der Waals surface area contributed by atoms with Crippen LogP contribution in [0.25, 0.3) is 0 Å². The molecule has 0 heterocycles. The van der Waals surface area contributed by atoms with Gasteiger partial charge in [-0.15, -0.1) is 0 Å². The Hall–Kier alpha value is -2.65. The number of hydrogen-bond donors (Lipinski definition) is 1. The van der Waals surface area contributed by atoms with Gasteiger partial charge < -0.3 is 10.2 Å². The Morgan fingerprint density at radius 3 is 2.27 bits per heavy atom. The Labute approximate surface area is 224 Å². The van der Waals surface area contributed by atoms with E-state index in [1.165, 1.54) is 24.3 Å². The van der Waals surface area contributed by atoms with Crippen LogP contribution < -0.4 is 9.62 Å². The van der Waals surface area contributed by atoms with Gasteiger partial charge in [-0.1, -0.05) is 43.5 Å². The fraction of sp³-hybridized carbons (Fsp3) is 0.481. The quantitative estimate of drug-likeness (QED) is 0.407. The highest BCUT2D eigenvalue weighted by atomic mass is 35.5. The van der Waals surface area contributed by atoms with Crippen molar-refractivity contribution in [2.75, 3.05) is 17.1 Å². The number of hydrogen-bond acceptors (Lipinski definition) is 4. The number of sulfonamides is 1. The van der Waals surface area contributed by atoms with E-state index in [1.54, 1.807) is 17.0 Å². The van der Waals surface area contributed by atoms with E-state index in [1.807, 2.05) is 19.1 Å². The molecule has 202 valence electrons. The van der Waals surface area contributed by atoms with Crippen LogP contribution in [0.2, 0.25) is 5.02 Å². The number of carbonyl (C=O) groups excluding carboxylic acids is 2. The van der Waals surface area contributed by atoms with E-state index in [0.29, 0.717) is 17.1 Å². The molecule has 2 aromatic carbocycles. The molecule has 1 saturated carbocycles. The SMILES string of the molecule is CC[C@@H](C(=O)NC1CCCC1)N(Cc1ccc(Cl)cc1)C(=O)CCCN(c1ccc(F)cc1)S(C)(=O)=O. The van der Waals surface area contributed by atoms with Crippen molar-refractivity contribution in [3.63, 3.8) is 0 Å². The third-order valence-electron chi connectivity index (χ3n) is 6.62. The fourth-order valence-corrected chi connectivity index (χ4v) is 5.78. The third kappa shape index (κ3) is 8.43. The van der Waals surface area contributed by atoms with Crippen LogP contribution in [0.4, 0.5) is 10.1 Å². The van der Waals surface area contributed by atoms with E-state index >= 15 is 0 Å². The highest BCUT2D eigenvalue weighted by Crippen LogP contribution is 2.22. The topological polar surface area (TPSA) is 86.8 Å². The molecule has 1 N–H and O–H groups in total. The summed E-state index contributed by atoms with van der Waals surface area (Å²) in [5.41, 5.74) is 1.17. The first-order valence-corrected chi connectivity index (χ1v) is 14.9. The minimum absolute atomic E-state index is 0.0496. The van der Waals surface area contributed by atoms with Crippen molar-refractivity contribution < 1.29 is 22.4 Å². The number of rotatable bonds is 12. The van der Waals surface area contributed by atoms with Gasteiger partial charge in [0.15, 0.2) is 0 Å². The van der Waals surface area contributed by atoms with Gasteiger partial charge >= 0.3 is 0 Å². The van der Waals surface area contributed by atoms with E-state index in [-0.39, 0.29) is 43.8 Å². The Morgan fingerprint density at radius 2 is 1.70 bits per heavy atom. The van der Waals surface area contributed by atoms with Crippen LogP contribution in [0.5, 0.6) is 0 Å². The standard InChI is InChI=1S/C27H35ClFN3O4S/c1-3-25(27(34)30-23-7-4-5-8-23)31(19-20-10-12-21(28)13-11-20)26(33)9-6-18-32(37(2,35)36)24-16-14-22(29)15-17-24/h10-17,23,25H,3-9,18-19H2,1-2H3,(H,30,34)/t25-/m0/s1. The van der Waals surface area contributed by atoms with Gasteiger partial charge in [-0.05, 0) is 67.6 Å². The summed E-state index contributed by atoms with van der Waals surface area (Å²) in [4.78, 5) is 28.3. The monoisotopic (exact) mass is 551 g/mol. The Kier molecular flexibility index (Phi) is 10.3. The van der Waals surface area contributed by atoms with Crippen molar-refractivity contribution in [3.8, 4) is 0 Å². The molecule has 7 nitrogen and oxygen atoms in total. The van der Waals surface area contributed by atoms with E-state index in [4.69, 9.17) is 11.6 Å². The zero-order chi connectivity index (χ0) is 27.0. The average Bonchev–Trinajstić information content (AvgIpc) is 3.36. The molecule has 1 atom stereocenters. The van der Waals surface area contributed by atoms with Crippen molar-refractivity contribution >= 4 is 39.1 Å². The lowest BCUT2D eigenvalue weighted by Gasteiger charge is -2.32. The Bertz CT molecular complexity index is 1150. The van der Waals surface area contributed by atoms with Gasteiger partial charge in [-0.3, -0.25) is 13.9 Å². The van der Waals surface area contributed by atoms with Crippen molar-refractivity contribution in [2.45, 2.75) is 70.5 Å². The molecular formula is C27H35ClFN3O4S. The summed E-state index contributed by atoms with van der Waals surface area (Å²) >= 11 is 6.02. The lowest BCUT2D eigenvalue weighted by Crippen LogP contribution is -2.51. The first-order valence-electron chi connectivity index (χ1n) is 12.7. The number of benzene rings is 2. The molecule has 2 aromatic rings. The molecule has 3 rings (SSSR count). The zero-order valence-electron chi connectivity index (χ0n) is 21.3. The summed E-state index contributed by atoms with van der Waals surface area (Å²) in [5.74, 6) is -0.872. The van der Waals surface area contributed by atoms with Crippen LogP contribution in [-0.2, 0) is 26.2 Å². The van der Waals surface area contributed by atoms with E-state index in [2.05, 4.69) is 5.32 Å². The van der Waals surface area contributed by atoms with E-state index in [9.17, 15) is 22.4 Å². The maximum Gasteiger partial charge on any atom is 0.243 e. The molecule has 0 bridgehead atoms. The average molecular weight is 552 g/mol. The van der Waals surface area contributed by atoms with Crippen LogP contribution >= 0.6 is 11.6 Å². The highest BCUT2D eigenvalue weighted by molar-refractivity contribution is 7.92. The summed E-state index contributed by atoms with van der Waals surface area (Å²) in [6.45, 7) is 2.16. The number of nitrogens with zero attached hydrogens (tertiary/aromatic N) is 2. The Balaban J connectivity index is 1.74. The van der Waals surface area contributed by atoms with Gasteiger partial charge in [-0.25, -0.2) is 12.8 Å². The molecule has 0 aromatic heterocycles. The third-order valence-corrected chi connectivity index (χ3v) is 8.07. The summed E-state index contributed by atoms with van der Waals surface area (Å²) in [6, 6.07) is 11.8. The van der Waals surface area contributed by atoms with Crippen molar-refractivity contribution in [3.05, 3.63) is 64.9 Å². The molecule has 37 heavy (non-hydrogen) atoms. The van der Waals surface area contributed by atoms with Crippen LogP contribution in [0.3, 0.4) is 0 Å². The number of halogens is 2. The number of anilines is 1.